The van der Waals surface area contributed by atoms with Gasteiger partial charge in [0.25, 0.3) is 0 Å². The SMILES string of the molecule is COc1ccc(S(=O)(=O)N(C)Cc2cccc(Cl)c2)cc1Cl. The van der Waals surface area contributed by atoms with Gasteiger partial charge in [0.2, 0.25) is 10.0 Å². The highest BCUT2D eigenvalue weighted by molar-refractivity contribution is 7.89. The molecule has 0 aliphatic carbocycles. The number of ether oxygens (including phenoxy) is 1. The van der Waals surface area contributed by atoms with Crippen molar-refractivity contribution in [2.24, 2.45) is 0 Å². The molecule has 0 amide bonds. The summed E-state index contributed by atoms with van der Waals surface area (Å²) in [6, 6.07) is 11.4. The maximum atomic E-state index is 12.6. The van der Waals surface area contributed by atoms with Gasteiger partial charge in [0.1, 0.15) is 5.75 Å². The zero-order valence-corrected chi connectivity index (χ0v) is 14.4. The van der Waals surface area contributed by atoms with Crippen LogP contribution >= 0.6 is 23.2 Å². The van der Waals surface area contributed by atoms with Crippen LogP contribution in [0.3, 0.4) is 0 Å². The van der Waals surface area contributed by atoms with Crippen LogP contribution in [-0.4, -0.2) is 26.9 Å². The highest BCUT2D eigenvalue weighted by Crippen LogP contribution is 2.28. The molecule has 0 unspecified atom stereocenters. The van der Waals surface area contributed by atoms with Crippen molar-refractivity contribution in [3.8, 4) is 5.75 Å². The van der Waals surface area contributed by atoms with Crippen LogP contribution < -0.4 is 4.74 Å². The third kappa shape index (κ3) is 3.73. The van der Waals surface area contributed by atoms with Crippen LogP contribution in [0.5, 0.6) is 5.75 Å². The van der Waals surface area contributed by atoms with Crippen molar-refractivity contribution in [3.63, 3.8) is 0 Å². The molecule has 2 aromatic rings. The Bertz CT molecular complexity index is 778. The van der Waals surface area contributed by atoms with Crippen LogP contribution in [0.25, 0.3) is 0 Å². The van der Waals surface area contributed by atoms with Gasteiger partial charge in [-0.1, -0.05) is 35.3 Å². The van der Waals surface area contributed by atoms with Crippen molar-refractivity contribution in [1.82, 2.24) is 4.31 Å². The maximum Gasteiger partial charge on any atom is 0.243 e. The van der Waals surface area contributed by atoms with Crippen LogP contribution in [0.1, 0.15) is 5.56 Å². The largest absolute Gasteiger partial charge is 0.495 e. The zero-order valence-electron chi connectivity index (χ0n) is 12.1. The van der Waals surface area contributed by atoms with E-state index in [-0.39, 0.29) is 16.5 Å². The van der Waals surface area contributed by atoms with Crippen LogP contribution in [-0.2, 0) is 16.6 Å². The number of sulfonamides is 1. The van der Waals surface area contributed by atoms with Crippen LogP contribution in [0.4, 0.5) is 0 Å². The molecule has 0 aliphatic heterocycles. The Labute approximate surface area is 140 Å². The number of halogens is 2. The fraction of sp³-hybridized carbons (Fsp3) is 0.200. The summed E-state index contributed by atoms with van der Waals surface area (Å²) in [6.45, 7) is 0.215. The molecule has 2 aromatic carbocycles. The van der Waals surface area contributed by atoms with E-state index in [0.717, 1.165) is 5.56 Å². The van der Waals surface area contributed by atoms with E-state index < -0.39 is 10.0 Å². The average molecular weight is 360 g/mol. The number of benzene rings is 2. The van der Waals surface area contributed by atoms with Gasteiger partial charge in [-0.25, -0.2) is 8.42 Å². The monoisotopic (exact) mass is 359 g/mol. The summed E-state index contributed by atoms with van der Waals surface area (Å²) in [4.78, 5) is 0.114. The summed E-state index contributed by atoms with van der Waals surface area (Å²) in [7, 11) is -0.666. The van der Waals surface area contributed by atoms with E-state index in [1.54, 1.807) is 18.2 Å². The molecule has 7 heteroatoms. The topological polar surface area (TPSA) is 46.6 Å². The Morgan fingerprint density at radius 2 is 1.86 bits per heavy atom. The smallest absolute Gasteiger partial charge is 0.243 e. The summed E-state index contributed by atoms with van der Waals surface area (Å²) >= 11 is 11.9. The van der Waals surface area contributed by atoms with Gasteiger partial charge in [-0.05, 0) is 35.9 Å². The van der Waals surface area contributed by atoms with Crippen molar-refractivity contribution in [1.29, 1.82) is 0 Å². The Balaban J connectivity index is 2.27. The van der Waals surface area contributed by atoms with E-state index in [9.17, 15) is 8.42 Å². The highest BCUT2D eigenvalue weighted by Gasteiger charge is 2.22. The number of rotatable bonds is 5. The van der Waals surface area contributed by atoms with Crippen molar-refractivity contribution >= 4 is 33.2 Å². The molecule has 4 nitrogen and oxygen atoms in total. The Hall–Kier alpha value is -1.27. The van der Waals surface area contributed by atoms with E-state index in [2.05, 4.69) is 0 Å². The van der Waals surface area contributed by atoms with Crippen molar-refractivity contribution in [2.75, 3.05) is 14.2 Å². The summed E-state index contributed by atoms with van der Waals surface area (Å²) in [6.07, 6.45) is 0. The first-order valence-corrected chi connectivity index (χ1v) is 8.58. The fourth-order valence-electron chi connectivity index (χ4n) is 1.96. The second-order valence-corrected chi connectivity index (χ2v) is 7.58. The number of nitrogens with zero attached hydrogens (tertiary/aromatic N) is 1. The van der Waals surface area contributed by atoms with Gasteiger partial charge in [0.15, 0.2) is 0 Å². The molecule has 0 saturated heterocycles. The van der Waals surface area contributed by atoms with Gasteiger partial charge in [-0.2, -0.15) is 4.31 Å². The lowest BCUT2D eigenvalue weighted by Gasteiger charge is -2.18. The minimum absolute atomic E-state index is 0.114. The van der Waals surface area contributed by atoms with Gasteiger partial charge in [-0.15, -0.1) is 0 Å². The third-order valence-corrected chi connectivity index (χ3v) is 5.46. The molecule has 0 radical (unpaired) electrons. The summed E-state index contributed by atoms with van der Waals surface area (Å²) in [5, 5.41) is 0.815. The average Bonchev–Trinajstić information content (AvgIpc) is 2.47. The molecule has 0 aromatic heterocycles. The predicted octanol–water partition coefficient (Wildman–Crippen LogP) is 3.82. The lowest BCUT2D eigenvalue weighted by atomic mass is 10.2. The lowest BCUT2D eigenvalue weighted by molar-refractivity contribution is 0.414. The van der Waals surface area contributed by atoms with Crippen LogP contribution in [0.2, 0.25) is 10.0 Å². The van der Waals surface area contributed by atoms with Crippen LogP contribution in [0.15, 0.2) is 47.4 Å². The molecule has 0 bridgehead atoms. The predicted molar refractivity (Wildman–Crippen MR) is 88.1 cm³/mol. The van der Waals surface area contributed by atoms with Gasteiger partial charge in [0, 0.05) is 18.6 Å². The first kappa shape index (κ1) is 17.1. The van der Waals surface area contributed by atoms with Gasteiger partial charge in [-0.3, -0.25) is 0 Å². The van der Waals surface area contributed by atoms with Gasteiger partial charge < -0.3 is 4.74 Å². The highest BCUT2D eigenvalue weighted by atomic mass is 35.5. The van der Waals surface area contributed by atoms with Gasteiger partial charge in [0.05, 0.1) is 17.0 Å². The third-order valence-electron chi connectivity index (χ3n) is 3.13. The molecule has 0 N–H and O–H groups in total. The minimum Gasteiger partial charge on any atom is -0.495 e. The number of hydrogen-bond acceptors (Lipinski definition) is 3. The Morgan fingerprint density at radius 3 is 2.45 bits per heavy atom. The molecule has 0 spiro atoms. The standard InChI is InChI=1S/C15H15Cl2NO3S/c1-18(10-11-4-3-5-12(16)8-11)22(19,20)13-6-7-15(21-2)14(17)9-13/h3-9H,10H2,1-2H3. The normalized spacial score (nSPS) is 11.7. The molecular weight excluding hydrogens is 345 g/mol. The zero-order chi connectivity index (χ0) is 16.3. The Morgan fingerprint density at radius 1 is 1.14 bits per heavy atom. The van der Waals surface area contributed by atoms with E-state index in [4.69, 9.17) is 27.9 Å². The number of methoxy groups -OCH3 is 1. The minimum atomic E-state index is -3.65. The summed E-state index contributed by atoms with van der Waals surface area (Å²) < 4.78 is 31.4. The summed E-state index contributed by atoms with van der Waals surface area (Å²) in [5.41, 5.74) is 0.804. The number of hydrogen-bond donors (Lipinski definition) is 0. The molecule has 0 atom stereocenters. The van der Waals surface area contributed by atoms with Gasteiger partial charge >= 0.3 is 0 Å². The van der Waals surface area contributed by atoms with Crippen molar-refractivity contribution < 1.29 is 13.2 Å². The van der Waals surface area contributed by atoms with E-state index in [0.29, 0.717) is 10.8 Å². The quantitative estimate of drug-likeness (QED) is 0.814. The second kappa shape index (κ2) is 6.87. The molecule has 0 saturated carbocycles. The molecule has 22 heavy (non-hydrogen) atoms. The van der Waals surface area contributed by atoms with Crippen molar-refractivity contribution in [3.05, 3.63) is 58.1 Å². The molecule has 0 aliphatic rings. The molecule has 0 heterocycles. The molecule has 118 valence electrons. The van der Waals surface area contributed by atoms with Crippen LogP contribution in [0, 0.1) is 0 Å². The maximum absolute atomic E-state index is 12.6. The Kier molecular flexibility index (Phi) is 5.34. The second-order valence-electron chi connectivity index (χ2n) is 4.69. The van der Waals surface area contributed by atoms with E-state index in [1.807, 2.05) is 6.07 Å². The molecule has 2 rings (SSSR count). The molecule has 0 fully saturated rings. The fourth-order valence-corrected chi connectivity index (χ4v) is 3.69. The summed E-state index contributed by atoms with van der Waals surface area (Å²) in [5.74, 6) is 0.429. The van der Waals surface area contributed by atoms with E-state index in [1.165, 1.54) is 36.7 Å². The molecular formula is C15H15Cl2NO3S. The lowest BCUT2D eigenvalue weighted by Crippen LogP contribution is -2.26. The van der Waals surface area contributed by atoms with E-state index >= 15 is 0 Å². The first-order chi connectivity index (χ1) is 10.3. The van der Waals surface area contributed by atoms with Crippen molar-refractivity contribution in [2.45, 2.75) is 11.4 Å². The first-order valence-electron chi connectivity index (χ1n) is 6.39.